The fraction of sp³-hybridized carbons (Fsp3) is 0.350. The highest BCUT2D eigenvalue weighted by atomic mass is 35.5. The van der Waals surface area contributed by atoms with E-state index in [2.05, 4.69) is 9.98 Å². The Morgan fingerprint density at radius 1 is 1.34 bits per heavy atom. The zero-order valence-corrected chi connectivity index (χ0v) is 18.8. The first-order chi connectivity index (χ1) is 15.0. The number of aliphatic imine (C=N–C) groups is 1. The Bertz CT molecular complexity index is 1250. The number of hydrogen-bond donors (Lipinski definition) is 1. The minimum Gasteiger partial charge on any atom is -0.484 e. The maximum absolute atomic E-state index is 14.7. The van der Waals surface area contributed by atoms with Gasteiger partial charge in [0.1, 0.15) is 35.3 Å². The van der Waals surface area contributed by atoms with Gasteiger partial charge >= 0.3 is 0 Å². The van der Waals surface area contributed by atoms with E-state index in [0.717, 1.165) is 4.31 Å². The predicted molar refractivity (Wildman–Crippen MR) is 115 cm³/mol. The molecular weight excluding hydrogens is 463 g/mol. The number of nitrogens with zero attached hydrogens (tertiary/aromatic N) is 3. The summed E-state index contributed by atoms with van der Waals surface area (Å²) in [4.78, 5) is 21.2. The van der Waals surface area contributed by atoms with E-state index in [1.54, 1.807) is 0 Å². The zero-order chi connectivity index (χ0) is 23.3. The normalized spacial score (nSPS) is 21.8. The van der Waals surface area contributed by atoms with Crippen molar-refractivity contribution < 1.29 is 27.1 Å². The van der Waals surface area contributed by atoms with Gasteiger partial charge in [-0.1, -0.05) is 17.7 Å². The van der Waals surface area contributed by atoms with Gasteiger partial charge in [0.25, 0.3) is 0 Å². The lowest BCUT2D eigenvalue weighted by molar-refractivity contribution is 0.0986. The van der Waals surface area contributed by atoms with Crippen LogP contribution in [0.4, 0.5) is 4.39 Å². The SMILES string of the molecule is CN1C(N)=N[C@](C)(c2cc(CC(=O)c3ncc4c(c3Cl)OCCO4)ccc2F)CS1(=O)=O. The lowest BCUT2D eigenvalue weighted by Gasteiger charge is -2.34. The van der Waals surface area contributed by atoms with Crippen LogP contribution in [0.1, 0.15) is 28.5 Å². The number of aromatic nitrogens is 1. The van der Waals surface area contributed by atoms with E-state index in [9.17, 15) is 17.6 Å². The number of sulfonamides is 1. The first kappa shape index (κ1) is 22.3. The summed E-state index contributed by atoms with van der Waals surface area (Å²) in [7, 11) is -2.50. The van der Waals surface area contributed by atoms with Crippen molar-refractivity contribution in [3.63, 3.8) is 0 Å². The quantitative estimate of drug-likeness (QED) is 0.659. The number of halogens is 2. The summed E-state index contributed by atoms with van der Waals surface area (Å²) in [5.41, 5.74) is 4.76. The van der Waals surface area contributed by atoms with E-state index < -0.39 is 32.9 Å². The number of Topliss-reactive ketones (excluding diaryl/α,β-unsaturated/α-hetero) is 1. The number of nitrogens with two attached hydrogens (primary N) is 1. The molecule has 0 bridgehead atoms. The third-order valence-electron chi connectivity index (χ3n) is 5.33. The molecule has 170 valence electrons. The van der Waals surface area contributed by atoms with E-state index in [1.807, 2.05) is 0 Å². The number of benzene rings is 1. The number of rotatable bonds is 4. The topological polar surface area (TPSA) is 124 Å². The third-order valence-corrected chi connectivity index (χ3v) is 7.63. The molecule has 1 atom stereocenters. The van der Waals surface area contributed by atoms with Crippen LogP contribution in [0, 0.1) is 5.82 Å². The summed E-state index contributed by atoms with van der Waals surface area (Å²) in [6.07, 6.45) is 1.22. The number of ether oxygens (including phenoxy) is 2. The number of pyridine rings is 1. The minimum absolute atomic E-state index is 0.00265. The van der Waals surface area contributed by atoms with Crippen LogP contribution in [-0.4, -0.2) is 55.5 Å². The van der Waals surface area contributed by atoms with Crippen molar-refractivity contribution in [3.05, 3.63) is 52.1 Å². The third kappa shape index (κ3) is 3.86. The fourth-order valence-corrected chi connectivity index (χ4v) is 5.39. The largest absolute Gasteiger partial charge is 0.484 e. The van der Waals surface area contributed by atoms with E-state index in [4.69, 9.17) is 26.8 Å². The van der Waals surface area contributed by atoms with Gasteiger partial charge in [-0.15, -0.1) is 0 Å². The predicted octanol–water partition coefficient (Wildman–Crippen LogP) is 1.88. The number of carbonyl (C=O) groups excluding carboxylic acids is 1. The first-order valence-electron chi connectivity index (χ1n) is 9.60. The summed E-state index contributed by atoms with van der Waals surface area (Å²) in [5.74, 6) is -1.18. The Kier molecular flexibility index (Phi) is 5.49. The standard InChI is InChI=1S/C20H20ClFN4O5S/c1-20(10-32(28,29)26(2)19(23)25-20)12-7-11(3-4-13(12)22)8-14(27)17-16(21)18-15(9-24-17)30-5-6-31-18/h3-4,7,9H,5-6,8,10H2,1-2H3,(H2,23,25)/t20-/m0/s1. The molecule has 1 aromatic heterocycles. The van der Waals surface area contributed by atoms with Crippen molar-refractivity contribution in [2.75, 3.05) is 26.0 Å². The monoisotopic (exact) mass is 482 g/mol. The molecule has 2 aliphatic heterocycles. The molecule has 0 fully saturated rings. The van der Waals surface area contributed by atoms with Crippen LogP contribution in [0.2, 0.25) is 5.02 Å². The Morgan fingerprint density at radius 2 is 2.06 bits per heavy atom. The summed E-state index contributed by atoms with van der Waals surface area (Å²) in [5, 5.41) is 0.0419. The number of fused-ring (bicyclic) bond motifs is 1. The second-order valence-electron chi connectivity index (χ2n) is 7.69. The first-order valence-corrected chi connectivity index (χ1v) is 11.6. The molecule has 3 heterocycles. The van der Waals surface area contributed by atoms with Crippen LogP contribution in [0.25, 0.3) is 0 Å². The highest BCUT2D eigenvalue weighted by molar-refractivity contribution is 7.89. The van der Waals surface area contributed by atoms with Gasteiger partial charge in [-0.3, -0.25) is 4.79 Å². The van der Waals surface area contributed by atoms with Gasteiger partial charge < -0.3 is 15.2 Å². The maximum Gasteiger partial charge on any atom is 0.239 e. The number of guanidine groups is 1. The average molecular weight is 483 g/mol. The molecule has 0 radical (unpaired) electrons. The second-order valence-corrected chi connectivity index (χ2v) is 10.1. The van der Waals surface area contributed by atoms with E-state index in [0.29, 0.717) is 24.5 Å². The van der Waals surface area contributed by atoms with Crippen LogP contribution in [-0.2, 0) is 22.0 Å². The van der Waals surface area contributed by atoms with Crippen molar-refractivity contribution in [1.29, 1.82) is 0 Å². The molecule has 0 saturated carbocycles. The molecule has 0 amide bonds. The molecule has 0 aliphatic carbocycles. The molecule has 1 aromatic carbocycles. The van der Waals surface area contributed by atoms with E-state index >= 15 is 0 Å². The van der Waals surface area contributed by atoms with Crippen LogP contribution >= 0.6 is 11.6 Å². The molecule has 4 rings (SSSR count). The molecule has 2 aromatic rings. The van der Waals surface area contributed by atoms with Crippen molar-refractivity contribution in [1.82, 2.24) is 9.29 Å². The Balaban J connectivity index is 1.66. The van der Waals surface area contributed by atoms with Gasteiger partial charge in [0.2, 0.25) is 16.0 Å². The Morgan fingerprint density at radius 3 is 2.78 bits per heavy atom. The van der Waals surface area contributed by atoms with Crippen molar-refractivity contribution in [3.8, 4) is 11.5 Å². The van der Waals surface area contributed by atoms with E-state index in [-0.39, 0.29) is 34.4 Å². The highest BCUT2D eigenvalue weighted by Gasteiger charge is 2.41. The van der Waals surface area contributed by atoms with Gasteiger partial charge in [0.05, 0.1) is 11.9 Å². The van der Waals surface area contributed by atoms with Crippen molar-refractivity contribution in [2.24, 2.45) is 10.7 Å². The van der Waals surface area contributed by atoms with Crippen molar-refractivity contribution >= 4 is 33.4 Å². The highest BCUT2D eigenvalue weighted by Crippen LogP contribution is 2.39. The van der Waals surface area contributed by atoms with Crippen LogP contribution in [0.3, 0.4) is 0 Å². The number of hydrogen-bond acceptors (Lipinski definition) is 8. The van der Waals surface area contributed by atoms with E-state index in [1.165, 1.54) is 38.4 Å². The molecule has 0 saturated heterocycles. The van der Waals surface area contributed by atoms with Crippen LogP contribution in [0.5, 0.6) is 11.5 Å². The van der Waals surface area contributed by atoms with Gasteiger partial charge in [0.15, 0.2) is 17.3 Å². The zero-order valence-electron chi connectivity index (χ0n) is 17.3. The van der Waals surface area contributed by atoms with Gasteiger partial charge in [-0.25, -0.2) is 27.1 Å². The Hall–Kier alpha value is -2.92. The summed E-state index contributed by atoms with van der Waals surface area (Å²) in [6.45, 7) is 2.13. The van der Waals surface area contributed by atoms with Crippen molar-refractivity contribution in [2.45, 2.75) is 18.9 Å². The molecule has 2 aliphatic rings. The summed E-state index contributed by atoms with van der Waals surface area (Å²) in [6, 6.07) is 4.01. The number of carbonyl (C=O) groups is 1. The maximum atomic E-state index is 14.7. The number of ketones is 1. The second kappa shape index (κ2) is 7.89. The molecule has 0 unspecified atom stereocenters. The summed E-state index contributed by atoms with van der Waals surface area (Å²) < 4.78 is 51.3. The van der Waals surface area contributed by atoms with Crippen LogP contribution < -0.4 is 15.2 Å². The molecule has 0 spiro atoms. The molecule has 12 heteroatoms. The average Bonchev–Trinajstić information content (AvgIpc) is 2.73. The summed E-state index contributed by atoms with van der Waals surface area (Å²) >= 11 is 6.30. The minimum atomic E-state index is -3.79. The lowest BCUT2D eigenvalue weighted by atomic mass is 9.91. The molecular formula is C20H20ClFN4O5S. The van der Waals surface area contributed by atoms with Gasteiger partial charge in [-0.05, 0) is 24.6 Å². The molecule has 32 heavy (non-hydrogen) atoms. The van der Waals surface area contributed by atoms with Gasteiger partial charge in [0, 0.05) is 19.0 Å². The lowest BCUT2D eigenvalue weighted by Crippen LogP contribution is -2.50. The smallest absolute Gasteiger partial charge is 0.239 e. The Labute approximate surface area is 189 Å². The van der Waals surface area contributed by atoms with Gasteiger partial charge in [-0.2, -0.15) is 0 Å². The molecule has 2 N–H and O–H groups in total. The molecule has 9 nitrogen and oxygen atoms in total. The fourth-order valence-electron chi connectivity index (χ4n) is 3.63. The van der Waals surface area contributed by atoms with Crippen LogP contribution in [0.15, 0.2) is 29.4 Å².